The van der Waals surface area contributed by atoms with Crippen LogP contribution in [0.4, 0.5) is 0 Å². The van der Waals surface area contributed by atoms with E-state index in [1.54, 1.807) is 0 Å². The Morgan fingerprint density at radius 2 is 2.32 bits per heavy atom. The fraction of sp³-hybridized carbons (Fsp3) is 0.562. The molecule has 3 nitrogen and oxygen atoms in total. The van der Waals surface area contributed by atoms with Crippen LogP contribution in [0.2, 0.25) is 0 Å². The van der Waals surface area contributed by atoms with Crippen LogP contribution in [0, 0.1) is 5.92 Å². The number of fused-ring (bicyclic) bond motifs is 3. The highest BCUT2D eigenvalue weighted by atomic mass is 16.2. The van der Waals surface area contributed by atoms with E-state index in [0.29, 0.717) is 11.9 Å². The molecular formula is C16H20N2O. The summed E-state index contributed by atoms with van der Waals surface area (Å²) in [6, 6.07) is 0.380. The molecule has 19 heavy (non-hydrogen) atoms. The van der Waals surface area contributed by atoms with Crippen LogP contribution in [-0.2, 0) is 4.79 Å². The van der Waals surface area contributed by atoms with Gasteiger partial charge in [-0.05, 0) is 43.4 Å². The van der Waals surface area contributed by atoms with E-state index in [-0.39, 0.29) is 5.92 Å². The number of piperidine rings is 2. The van der Waals surface area contributed by atoms with Gasteiger partial charge in [0, 0.05) is 24.7 Å². The van der Waals surface area contributed by atoms with Gasteiger partial charge in [-0.3, -0.25) is 4.79 Å². The average Bonchev–Trinajstić information content (AvgIpc) is 2.47. The number of allylic oxidation sites excluding steroid dienone is 4. The van der Waals surface area contributed by atoms with Gasteiger partial charge < -0.3 is 10.2 Å². The summed E-state index contributed by atoms with van der Waals surface area (Å²) in [6.07, 6.45) is 11.9. The molecule has 0 aromatic rings. The van der Waals surface area contributed by atoms with E-state index in [1.165, 1.54) is 16.8 Å². The zero-order valence-corrected chi connectivity index (χ0v) is 11.2. The van der Waals surface area contributed by atoms with Gasteiger partial charge in [0.05, 0.1) is 5.92 Å². The van der Waals surface area contributed by atoms with Crippen LogP contribution >= 0.6 is 0 Å². The van der Waals surface area contributed by atoms with Gasteiger partial charge in [-0.25, -0.2) is 0 Å². The molecule has 2 fully saturated rings. The lowest BCUT2D eigenvalue weighted by atomic mass is 9.78. The number of hydrogen-bond donors (Lipinski definition) is 1. The number of carbonyl (C=O) groups excluding carboxylic acids is 1. The van der Waals surface area contributed by atoms with Gasteiger partial charge in [-0.1, -0.05) is 18.2 Å². The van der Waals surface area contributed by atoms with Gasteiger partial charge in [0.25, 0.3) is 0 Å². The highest BCUT2D eigenvalue weighted by Gasteiger charge is 2.42. The molecule has 3 heteroatoms. The highest BCUT2D eigenvalue weighted by molar-refractivity contribution is 5.83. The van der Waals surface area contributed by atoms with Crippen molar-refractivity contribution in [1.82, 2.24) is 10.2 Å². The third-order valence-electron chi connectivity index (χ3n) is 5.00. The summed E-state index contributed by atoms with van der Waals surface area (Å²) in [5.74, 6) is 0.599. The molecule has 0 bridgehead atoms. The molecule has 4 rings (SSSR count). The maximum Gasteiger partial charge on any atom is 0.231 e. The fourth-order valence-corrected chi connectivity index (χ4v) is 4.02. The molecule has 0 spiro atoms. The van der Waals surface area contributed by atoms with Crippen LogP contribution in [0.3, 0.4) is 0 Å². The first-order chi connectivity index (χ1) is 9.34. The van der Waals surface area contributed by atoms with Crippen molar-refractivity contribution in [2.24, 2.45) is 5.92 Å². The Labute approximate surface area is 114 Å². The molecule has 2 saturated heterocycles. The van der Waals surface area contributed by atoms with Crippen LogP contribution in [0.5, 0.6) is 0 Å². The Morgan fingerprint density at radius 1 is 1.37 bits per heavy atom. The Balaban J connectivity index is 1.74. The first kappa shape index (κ1) is 11.5. The van der Waals surface area contributed by atoms with Crippen molar-refractivity contribution < 1.29 is 4.79 Å². The summed E-state index contributed by atoms with van der Waals surface area (Å²) in [5, 5.41) is 3.56. The van der Waals surface area contributed by atoms with Crippen molar-refractivity contribution in [2.75, 3.05) is 13.1 Å². The summed E-state index contributed by atoms with van der Waals surface area (Å²) in [6.45, 7) is 1.96. The molecule has 1 amide bonds. The van der Waals surface area contributed by atoms with Gasteiger partial charge in [-0.15, -0.1) is 0 Å². The Bertz CT molecular complexity index is 515. The number of hydrogen-bond acceptors (Lipinski definition) is 2. The van der Waals surface area contributed by atoms with Crippen molar-refractivity contribution in [3.05, 3.63) is 35.1 Å². The maximum atomic E-state index is 12.7. The molecule has 0 radical (unpaired) electrons. The topological polar surface area (TPSA) is 32.3 Å². The number of carbonyl (C=O) groups is 1. The van der Waals surface area contributed by atoms with E-state index >= 15 is 0 Å². The zero-order valence-electron chi connectivity index (χ0n) is 11.2. The lowest BCUT2D eigenvalue weighted by molar-refractivity contribution is -0.138. The quantitative estimate of drug-likeness (QED) is 0.720. The lowest BCUT2D eigenvalue weighted by Crippen LogP contribution is -2.55. The smallest absolute Gasteiger partial charge is 0.231 e. The second-order valence-corrected chi connectivity index (χ2v) is 6.00. The predicted octanol–water partition coefficient (Wildman–Crippen LogP) is 2.13. The molecule has 3 aliphatic heterocycles. The van der Waals surface area contributed by atoms with Crippen LogP contribution in [0.15, 0.2) is 35.1 Å². The second kappa shape index (κ2) is 4.34. The maximum absolute atomic E-state index is 12.7. The number of amides is 1. The number of nitrogens with zero attached hydrogens (tertiary/aromatic N) is 1. The molecule has 0 aromatic heterocycles. The van der Waals surface area contributed by atoms with Crippen molar-refractivity contribution in [3.63, 3.8) is 0 Å². The van der Waals surface area contributed by atoms with E-state index in [0.717, 1.165) is 45.2 Å². The predicted molar refractivity (Wildman–Crippen MR) is 74.3 cm³/mol. The van der Waals surface area contributed by atoms with Crippen LogP contribution in [-0.4, -0.2) is 29.9 Å². The highest BCUT2D eigenvalue weighted by Crippen LogP contribution is 2.40. The summed E-state index contributed by atoms with van der Waals surface area (Å²) in [4.78, 5) is 14.8. The van der Waals surface area contributed by atoms with E-state index in [2.05, 4.69) is 28.4 Å². The van der Waals surface area contributed by atoms with Crippen molar-refractivity contribution in [1.29, 1.82) is 0 Å². The summed E-state index contributed by atoms with van der Waals surface area (Å²) >= 11 is 0. The molecule has 0 aromatic carbocycles. The third-order valence-corrected chi connectivity index (χ3v) is 5.00. The Hall–Kier alpha value is -1.35. The molecule has 100 valence electrons. The molecule has 2 atom stereocenters. The standard InChI is InChI=1S/C16H20N2O/c19-16-13-6-3-8-17-14(13)10-15-12-5-2-1-4-11(12)7-9-18(15)16/h1-2,4,13-14,17H,3,5-10H2/t13-,14-/m0/s1. The zero-order chi connectivity index (χ0) is 12.8. The number of nitrogens with one attached hydrogen (secondary N) is 1. The fourth-order valence-electron chi connectivity index (χ4n) is 4.02. The van der Waals surface area contributed by atoms with Crippen molar-refractivity contribution in [3.8, 4) is 0 Å². The van der Waals surface area contributed by atoms with Crippen LogP contribution < -0.4 is 5.32 Å². The second-order valence-electron chi connectivity index (χ2n) is 6.00. The molecule has 1 N–H and O–H groups in total. The Kier molecular flexibility index (Phi) is 2.62. The first-order valence-corrected chi connectivity index (χ1v) is 7.47. The van der Waals surface area contributed by atoms with Crippen LogP contribution in [0.25, 0.3) is 0 Å². The average molecular weight is 256 g/mol. The van der Waals surface area contributed by atoms with E-state index in [4.69, 9.17) is 0 Å². The minimum atomic E-state index is 0.225. The summed E-state index contributed by atoms with van der Waals surface area (Å²) in [7, 11) is 0. The minimum absolute atomic E-state index is 0.225. The van der Waals surface area contributed by atoms with E-state index in [9.17, 15) is 4.79 Å². The molecule has 3 heterocycles. The summed E-state index contributed by atoms with van der Waals surface area (Å²) in [5.41, 5.74) is 4.19. The third kappa shape index (κ3) is 1.71. The van der Waals surface area contributed by atoms with Gasteiger partial charge in [0.15, 0.2) is 0 Å². The molecule has 1 aliphatic carbocycles. The molecular weight excluding hydrogens is 236 g/mol. The van der Waals surface area contributed by atoms with Crippen molar-refractivity contribution >= 4 is 5.91 Å². The molecule has 4 aliphatic rings. The minimum Gasteiger partial charge on any atom is -0.315 e. The molecule has 0 saturated carbocycles. The van der Waals surface area contributed by atoms with E-state index < -0.39 is 0 Å². The largest absolute Gasteiger partial charge is 0.315 e. The van der Waals surface area contributed by atoms with Gasteiger partial charge >= 0.3 is 0 Å². The summed E-state index contributed by atoms with van der Waals surface area (Å²) < 4.78 is 0. The Morgan fingerprint density at radius 3 is 3.26 bits per heavy atom. The van der Waals surface area contributed by atoms with E-state index in [1.807, 2.05) is 0 Å². The van der Waals surface area contributed by atoms with Gasteiger partial charge in [-0.2, -0.15) is 0 Å². The van der Waals surface area contributed by atoms with Gasteiger partial charge in [0.2, 0.25) is 5.91 Å². The lowest BCUT2D eigenvalue weighted by Gasteiger charge is -2.45. The molecule has 0 unspecified atom stereocenters. The normalized spacial score (nSPS) is 33.6. The first-order valence-electron chi connectivity index (χ1n) is 7.47. The van der Waals surface area contributed by atoms with Crippen LogP contribution in [0.1, 0.15) is 32.1 Å². The van der Waals surface area contributed by atoms with Gasteiger partial charge in [0.1, 0.15) is 0 Å². The number of rotatable bonds is 0. The SMILES string of the molecule is O=C1[C@H]2CCCN[C@H]2CC2=C3CC=CC=C3CCN12. The monoisotopic (exact) mass is 256 g/mol. The van der Waals surface area contributed by atoms with Crippen molar-refractivity contribution in [2.45, 2.75) is 38.1 Å².